The second-order valence-electron chi connectivity index (χ2n) is 6.32. The molecule has 138 valence electrons. The summed E-state index contributed by atoms with van der Waals surface area (Å²) < 4.78 is 33.6. The molecule has 0 fully saturated rings. The second-order valence-corrected chi connectivity index (χ2v) is 8.96. The van der Waals surface area contributed by atoms with Crippen molar-refractivity contribution in [2.75, 3.05) is 27.7 Å². The van der Waals surface area contributed by atoms with Crippen molar-refractivity contribution in [2.45, 2.75) is 11.3 Å². The van der Waals surface area contributed by atoms with E-state index in [1.165, 1.54) is 3.97 Å². The smallest absolute Gasteiger partial charge is 0.269 e. The summed E-state index contributed by atoms with van der Waals surface area (Å²) in [6.45, 7) is 0.848. The van der Waals surface area contributed by atoms with E-state index < -0.39 is 10.0 Å². The molecule has 0 saturated carbocycles. The van der Waals surface area contributed by atoms with E-state index in [1.807, 2.05) is 38.4 Å². The van der Waals surface area contributed by atoms with Crippen LogP contribution in [-0.4, -0.2) is 45.0 Å². The molecule has 1 aromatic heterocycles. The maximum Gasteiger partial charge on any atom is 0.269 e. The Labute approximate surface area is 162 Å². The zero-order chi connectivity index (χ0) is 18.9. The monoisotopic (exact) mass is 436 g/mol. The summed E-state index contributed by atoms with van der Waals surface area (Å²) in [7, 11) is 1.82. The van der Waals surface area contributed by atoms with Gasteiger partial charge in [-0.1, -0.05) is 18.2 Å². The summed E-state index contributed by atoms with van der Waals surface area (Å²) in [6.07, 6.45) is 2.51. The number of hydrogen-bond acceptors (Lipinski definition) is 4. The fraction of sp³-hybridized carbons (Fsp3) is 0.263. The molecule has 0 aliphatic carbocycles. The highest BCUT2D eigenvalue weighted by molar-refractivity contribution is 9.10. The summed E-state index contributed by atoms with van der Waals surface area (Å²) in [5, 5.41) is 0.961. The predicted molar refractivity (Wildman–Crippen MR) is 107 cm³/mol. The Morgan fingerprint density at radius 3 is 2.54 bits per heavy atom. The van der Waals surface area contributed by atoms with Gasteiger partial charge in [0.25, 0.3) is 10.0 Å². The number of nitrogens with zero attached hydrogens (tertiary/aromatic N) is 2. The molecule has 7 heteroatoms. The van der Waals surface area contributed by atoms with Crippen LogP contribution in [0.25, 0.3) is 10.9 Å². The Morgan fingerprint density at radius 2 is 1.88 bits per heavy atom. The van der Waals surface area contributed by atoms with Crippen LogP contribution in [-0.2, 0) is 16.4 Å². The van der Waals surface area contributed by atoms with Crippen LogP contribution in [0.3, 0.4) is 0 Å². The zero-order valence-electron chi connectivity index (χ0n) is 14.9. The largest absolute Gasteiger partial charge is 0.497 e. The number of rotatable bonds is 6. The minimum absolute atomic E-state index is 0.207. The Balaban J connectivity index is 2.15. The molecule has 0 unspecified atom stereocenters. The Morgan fingerprint density at radius 1 is 1.15 bits per heavy atom. The number of para-hydroxylation sites is 1. The van der Waals surface area contributed by atoms with Crippen molar-refractivity contribution in [3.8, 4) is 5.75 Å². The van der Waals surface area contributed by atoms with Crippen molar-refractivity contribution in [1.82, 2.24) is 8.87 Å². The van der Waals surface area contributed by atoms with Gasteiger partial charge in [-0.15, -0.1) is 0 Å². The molecule has 26 heavy (non-hydrogen) atoms. The van der Waals surface area contributed by atoms with Gasteiger partial charge in [0.15, 0.2) is 0 Å². The summed E-state index contributed by atoms with van der Waals surface area (Å²) in [5.41, 5.74) is 1.70. The van der Waals surface area contributed by atoms with Crippen LogP contribution < -0.4 is 4.74 Å². The third-order valence-corrected chi connectivity index (χ3v) is 6.92. The molecule has 0 atom stereocenters. The van der Waals surface area contributed by atoms with E-state index in [0.29, 0.717) is 15.7 Å². The van der Waals surface area contributed by atoms with E-state index in [2.05, 4.69) is 20.8 Å². The van der Waals surface area contributed by atoms with E-state index in [9.17, 15) is 8.42 Å². The quantitative estimate of drug-likeness (QED) is 0.590. The highest BCUT2D eigenvalue weighted by atomic mass is 79.9. The van der Waals surface area contributed by atoms with Gasteiger partial charge in [0.2, 0.25) is 0 Å². The molecule has 0 bridgehead atoms. The van der Waals surface area contributed by atoms with Gasteiger partial charge >= 0.3 is 0 Å². The van der Waals surface area contributed by atoms with Crippen LogP contribution in [0.5, 0.6) is 5.75 Å². The third kappa shape index (κ3) is 3.51. The van der Waals surface area contributed by atoms with Crippen molar-refractivity contribution in [3.05, 3.63) is 58.7 Å². The van der Waals surface area contributed by atoms with Crippen LogP contribution in [0.1, 0.15) is 5.56 Å². The van der Waals surface area contributed by atoms with E-state index in [1.54, 1.807) is 31.5 Å². The van der Waals surface area contributed by atoms with Gasteiger partial charge < -0.3 is 9.64 Å². The van der Waals surface area contributed by atoms with E-state index >= 15 is 0 Å². The van der Waals surface area contributed by atoms with Gasteiger partial charge in [-0.2, -0.15) is 0 Å². The van der Waals surface area contributed by atoms with E-state index in [0.717, 1.165) is 23.9 Å². The summed E-state index contributed by atoms with van der Waals surface area (Å²) in [4.78, 5) is 2.29. The molecule has 2 aromatic carbocycles. The first-order valence-corrected chi connectivity index (χ1v) is 10.4. The maximum atomic E-state index is 13.3. The lowest BCUT2D eigenvalue weighted by molar-refractivity contribution is 0.414. The SMILES string of the molecule is COc1ccc(S(=O)(=O)n2cc(CCN(C)C)c3ccccc32)c(Br)c1. The fourth-order valence-corrected chi connectivity index (χ4v) is 5.30. The second kappa shape index (κ2) is 7.42. The van der Waals surface area contributed by atoms with Gasteiger partial charge in [0.05, 0.1) is 12.6 Å². The molecule has 1 heterocycles. The molecule has 0 spiro atoms. The van der Waals surface area contributed by atoms with Crippen LogP contribution in [0, 0.1) is 0 Å². The van der Waals surface area contributed by atoms with Gasteiger partial charge in [-0.25, -0.2) is 12.4 Å². The molecular formula is C19H21BrN2O3S. The molecular weight excluding hydrogens is 416 g/mol. The zero-order valence-corrected chi connectivity index (χ0v) is 17.3. The number of fused-ring (bicyclic) bond motifs is 1. The number of halogens is 1. The van der Waals surface area contributed by atoms with Crippen LogP contribution in [0.4, 0.5) is 0 Å². The number of methoxy groups -OCH3 is 1. The average Bonchev–Trinajstić information content (AvgIpc) is 2.99. The summed E-state index contributed by atoms with van der Waals surface area (Å²) in [6, 6.07) is 12.5. The van der Waals surface area contributed by atoms with E-state index in [-0.39, 0.29) is 4.90 Å². The topological polar surface area (TPSA) is 51.5 Å². The molecule has 0 aliphatic rings. The van der Waals surface area contributed by atoms with Gasteiger partial charge in [0, 0.05) is 22.6 Å². The van der Waals surface area contributed by atoms with Crippen LogP contribution in [0.2, 0.25) is 0 Å². The molecule has 0 amide bonds. The number of hydrogen-bond donors (Lipinski definition) is 0. The number of ether oxygens (including phenoxy) is 1. The molecule has 5 nitrogen and oxygen atoms in total. The maximum absolute atomic E-state index is 13.3. The predicted octanol–water partition coefficient (Wildman–Crippen LogP) is 3.75. The van der Waals surface area contributed by atoms with Crippen LogP contribution >= 0.6 is 15.9 Å². The summed E-state index contributed by atoms with van der Waals surface area (Å²) in [5.74, 6) is 0.597. The Kier molecular flexibility index (Phi) is 5.41. The first-order valence-electron chi connectivity index (χ1n) is 8.17. The number of likely N-dealkylation sites (N-methyl/N-ethyl adjacent to an activating group) is 1. The minimum Gasteiger partial charge on any atom is -0.497 e. The van der Waals surface area contributed by atoms with Crippen molar-refractivity contribution in [2.24, 2.45) is 0 Å². The highest BCUT2D eigenvalue weighted by Gasteiger charge is 2.23. The summed E-state index contributed by atoms with van der Waals surface area (Å²) >= 11 is 3.36. The molecule has 3 aromatic rings. The van der Waals surface area contributed by atoms with Crippen LogP contribution in [0.15, 0.2) is 58.0 Å². The van der Waals surface area contributed by atoms with Gasteiger partial charge in [0.1, 0.15) is 10.6 Å². The molecule has 0 N–H and O–H groups in total. The molecule has 3 rings (SSSR count). The number of aromatic nitrogens is 1. The lowest BCUT2D eigenvalue weighted by atomic mass is 10.1. The first-order chi connectivity index (χ1) is 12.3. The van der Waals surface area contributed by atoms with Crippen molar-refractivity contribution in [1.29, 1.82) is 0 Å². The van der Waals surface area contributed by atoms with E-state index in [4.69, 9.17) is 4.74 Å². The van der Waals surface area contributed by atoms with Crippen molar-refractivity contribution in [3.63, 3.8) is 0 Å². The number of benzene rings is 2. The standard InChI is InChI=1S/C19H21BrN2O3S/c1-21(2)11-10-14-13-22(18-7-5-4-6-16(14)18)26(23,24)19-9-8-15(25-3)12-17(19)20/h4-9,12-13H,10-11H2,1-3H3. The highest BCUT2D eigenvalue weighted by Crippen LogP contribution is 2.31. The third-order valence-electron chi connectivity index (χ3n) is 4.26. The lowest BCUT2D eigenvalue weighted by Crippen LogP contribution is -2.15. The fourth-order valence-electron chi connectivity index (χ4n) is 2.88. The minimum atomic E-state index is -3.74. The van der Waals surface area contributed by atoms with Gasteiger partial charge in [-0.3, -0.25) is 0 Å². The molecule has 0 aliphatic heterocycles. The molecule has 0 radical (unpaired) electrons. The Hall–Kier alpha value is -1.83. The van der Waals surface area contributed by atoms with Gasteiger partial charge in [-0.05, 0) is 66.3 Å². The Bertz CT molecular complexity index is 1040. The van der Waals surface area contributed by atoms with Crippen molar-refractivity contribution < 1.29 is 13.2 Å². The first kappa shape index (κ1) is 18.9. The normalized spacial score (nSPS) is 12.0. The average molecular weight is 437 g/mol. The van der Waals surface area contributed by atoms with Crippen molar-refractivity contribution >= 4 is 36.9 Å². The lowest BCUT2D eigenvalue weighted by Gasteiger charge is -2.10. The molecule has 0 saturated heterocycles.